The van der Waals surface area contributed by atoms with E-state index >= 15 is 0 Å². The quantitative estimate of drug-likeness (QED) is 0.864. The summed E-state index contributed by atoms with van der Waals surface area (Å²) in [6, 6.07) is 1.12. The smallest absolute Gasteiger partial charge is 0.211 e. The Hall–Kier alpha value is -0.130. The molecule has 0 aromatic heterocycles. The average molecular weight is 288 g/mol. The van der Waals surface area contributed by atoms with E-state index in [-0.39, 0.29) is 0 Å². The van der Waals surface area contributed by atoms with Crippen molar-refractivity contribution in [2.24, 2.45) is 5.41 Å². The molecule has 0 aromatic rings. The van der Waals surface area contributed by atoms with Crippen LogP contribution in [-0.2, 0) is 10.0 Å². The minimum Gasteiger partial charge on any atom is -0.311 e. The van der Waals surface area contributed by atoms with E-state index in [4.69, 9.17) is 0 Å². The monoisotopic (exact) mass is 288 g/mol. The van der Waals surface area contributed by atoms with Gasteiger partial charge in [0, 0.05) is 25.2 Å². The van der Waals surface area contributed by atoms with Gasteiger partial charge in [-0.3, -0.25) is 0 Å². The largest absolute Gasteiger partial charge is 0.311 e. The number of hydrogen-bond acceptors (Lipinski definition) is 3. The van der Waals surface area contributed by atoms with Crippen molar-refractivity contribution in [2.75, 3.05) is 19.3 Å². The van der Waals surface area contributed by atoms with Gasteiger partial charge in [-0.2, -0.15) is 0 Å². The predicted molar refractivity (Wildman–Crippen MR) is 78.6 cm³/mol. The van der Waals surface area contributed by atoms with Crippen LogP contribution in [0.4, 0.5) is 0 Å². The lowest BCUT2D eigenvalue weighted by molar-refractivity contribution is 0.175. The lowest BCUT2D eigenvalue weighted by Crippen LogP contribution is -2.49. The molecular weight excluding hydrogens is 260 g/mol. The van der Waals surface area contributed by atoms with Crippen LogP contribution < -0.4 is 5.32 Å². The first-order chi connectivity index (χ1) is 8.76. The fraction of sp³-hybridized carbons (Fsp3) is 1.00. The molecule has 1 aliphatic heterocycles. The Morgan fingerprint density at radius 1 is 1.11 bits per heavy atom. The van der Waals surface area contributed by atoms with Gasteiger partial charge in [0.2, 0.25) is 10.0 Å². The van der Waals surface area contributed by atoms with Gasteiger partial charge in [-0.1, -0.05) is 20.3 Å². The number of hydrogen-bond donors (Lipinski definition) is 1. The van der Waals surface area contributed by atoms with Crippen LogP contribution >= 0.6 is 0 Å². The maximum Gasteiger partial charge on any atom is 0.211 e. The summed E-state index contributed by atoms with van der Waals surface area (Å²) >= 11 is 0. The average Bonchev–Trinajstić information content (AvgIpc) is 2.27. The molecule has 0 bridgehead atoms. The fourth-order valence-electron chi connectivity index (χ4n) is 3.53. The lowest BCUT2D eigenvalue weighted by Gasteiger charge is -2.39. The lowest BCUT2D eigenvalue weighted by atomic mass is 9.75. The molecule has 1 heterocycles. The molecule has 0 radical (unpaired) electrons. The summed E-state index contributed by atoms with van der Waals surface area (Å²) in [5.41, 5.74) is 0.462. The molecule has 1 aliphatic carbocycles. The third-order valence-electron chi connectivity index (χ3n) is 4.60. The SMILES string of the molecule is CC1(C)CCC[C@@H](NC2CCN(S(C)(=O)=O)CC2)C1. The summed E-state index contributed by atoms with van der Waals surface area (Å²) in [5, 5.41) is 3.76. The summed E-state index contributed by atoms with van der Waals surface area (Å²) in [6.45, 7) is 6.05. The molecule has 0 unspecified atom stereocenters. The van der Waals surface area contributed by atoms with Crippen molar-refractivity contribution in [1.29, 1.82) is 0 Å². The number of nitrogens with zero attached hydrogens (tertiary/aromatic N) is 1. The Bertz CT molecular complexity index is 398. The normalized spacial score (nSPS) is 30.4. The molecule has 1 saturated heterocycles. The molecule has 0 spiro atoms. The first-order valence-electron chi connectivity index (χ1n) is 7.47. The zero-order valence-corrected chi connectivity index (χ0v) is 13.3. The van der Waals surface area contributed by atoms with E-state index in [1.54, 1.807) is 4.31 Å². The minimum atomic E-state index is -3.00. The predicted octanol–water partition coefficient (Wildman–Crippen LogP) is 1.97. The van der Waals surface area contributed by atoms with Gasteiger partial charge in [-0.25, -0.2) is 12.7 Å². The van der Waals surface area contributed by atoms with Crippen LogP contribution in [0.2, 0.25) is 0 Å². The van der Waals surface area contributed by atoms with E-state index in [2.05, 4.69) is 19.2 Å². The summed E-state index contributed by atoms with van der Waals surface area (Å²) in [7, 11) is -3.00. The molecule has 1 N–H and O–H groups in total. The highest BCUT2D eigenvalue weighted by Crippen LogP contribution is 2.35. The van der Waals surface area contributed by atoms with Gasteiger partial charge >= 0.3 is 0 Å². The Balaban J connectivity index is 1.80. The Morgan fingerprint density at radius 3 is 2.26 bits per heavy atom. The second kappa shape index (κ2) is 5.70. The minimum absolute atomic E-state index is 0.462. The highest BCUT2D eigenvalue weighted by molar-refractivity contribution is 7.88. The van der Waals surface area contributed by atoms with Crippen LogP contribution in [-0.4, -0.2) is 44.2 Å². The molecule has 4 nitrogen and oxygen atoms in total. The molecule has 1 atom stereocenters. The summed E-state index contributed by atoms with van der Waals surface area (Å²) in [5.74, 6) is 0. The zero-order chi connectivity index (χ0) is 14.1. The maximum atomic E-state index is 11.5. The van der Waals surface area contributed by atoms with Crippen LogP contribution in [0.3, 0.4) is 0 Å². The van der Waals surface area contributed by atoms with E-state index in [0.717, 1.165) is 12.8 Å². The standard InChI is InChI=1S/C14H28N2O2S/c1-14(2)8-4-5-13(11-14)15-12-6-9-16(10-7-12)19(3,17)18/h12-13,15H,4-11H2,1-3H3/t13-/m1/s1. The van der Waals surface area contributed by atoms with Gasteiger partial charge in [0.15, 0.2) is 0 Å². The van der Waals surface area contributed by atoms with Crippen molar-refractivity contribution >= 4 is 10.0 Å². The van der Waals surface area contributed by atoms with Crippen molar-refractivity contribution < 1.29 is 8.42 Å². The van der Waals surface area contributed by atoms with Gasteiger partial charge in [0.05, 0.1) is 6.26 Å². The van der Waals surface area contributed by atoms with Crippen LogP contribution in [0.25, 0.3) is 0 Å². The molecule has 5 heteroatoms. The molecule has 2 aliphatic rings. The number of rotatable bonds is 3. The Kier molecular flexibility index (Phi) is 4.58. The van der Waals surface area contributed by atoms with Gasteiger partial charge < -0.3 is 5.32 Å². The van der Waals surface area contributed by atoms with Crippen molar-refractivity contribution in [3.05, 3.63) is 0 Å². The van der Waals surface area contributed by atoms with Crippen LogP contribution in [0.5, 0.6) is 0 Å². The van der Waals surface area contributed by atoms with Crippen LogP contribution in [0, 0.1) is 5.41 Å². The van der Waals surface area contributed by atoms with E-state index < -0.39 is 10.0 Å². The van der Waals surface area contributed by atoms with Gasteiger partial charge in [0.1, 0.15) is 0 Å². The summed E-state index contributed by atoms with van der Waals surface area (Å²) in [4.78, 5) is 0. The highest BCUT2D eigenvalue weighted by Gasteiger charge is 2.31. The van der Waals surface area contributed by atoms with E-state index in [1.807, 2.05) is 0 Å². The van der Waals surface area contributed by atoms with Crippen LogP contribution in [0.1, 0.15) is 52.4 Å². The highest BCUT2D eigenvalue weighted by atomic mass is 32.2. The topological polar surface area (TPSA) is 49.4 Å². The molecule has 19 heavy (non-hydrogen) atoms. The van der Waals surface area contributed by atoms with E-state index in [0.29, 0.717) is 30.6 Å². The second-order valence-corrected chi connectivity index (χ2v) is 9.04. The molecule has 0 aromatic carbocycles. The van der Waals surface area contributed by atoms with Crippen molar-refractivity contribution in [3.8, 4) is 0 Å². The fourth-order valence-corrected chi connectivity index (χ4v) is 4.40. The van der Waals surface area contributed by atoms with Crippen molar-refractivity contribution in [2.45, 2.75) is 64.5 Å². The van der Waals surface area contributed by atoms with Crippen LogP contribution in [0.15, 0.2) is 0 Å². The summed E-state index contributed by atoms with van der Waals surface area (Å²) in [6.07, 6.45) is 8.37. The number of piperidine rings is 1. The van der Waals surface area contributed by atoms with Gasteiger partial charge in [-0.15, -0.1) is 0 Å². The summed E-state index contributed by atoms with van der Waals surface area (Å²) < 4.78 is 24.6. The first-order valence-corrected chi connectivity index (χ1v) is 9.32. The molecule has 1 saturated carbocycles. The second-order valence-electron chi connectivity index (χ2n) is 7.06. The van der Waals surface area contributed by atoms with E-state index in [9.17, 15) is 8.42 Å². The Labute approximate surface area is 118 Å². The van der Waals surface area contributed by atoms with Gasteiger partial charge in [-0.05, 0) is 37.5 Å². The molecular formula is C14H28N2O2S. The number of nitrogens with one attached hydrogen (secondary N) is 1. The molecule has 2 fully saturated rings. The zero-order valence-electron chi connectivity index (χ0n) is 12.5. The van der Waals surface area contributed by atoms with Gasteiger partial charge in [0.25, 0.3) is 0 Å². The molecule has 0 amide bonds. The maximum absolute atomic E-state index is 11.5. The van der Waals surface area contributed by atoms with Crippen molar-refractivity contribution in [1.82, 2.24) is 9.62 Å². The number of sulfonamides is 1. The van der Waals surface area contributed by atoms with Crippen molar-refractivity contribution in [3.63, 3.8) is 0 Å². The third kappa shape index (κ3) is 4.43. The molecule has 112 valence electrons. The Morgan fingerprint density at radius 2 is 1.74 bits per heavy atom. The first kappa shape index (κ1) is 15.3. The molecule has 2 rings (SSSR count). The van der Waals surface area contributed by atoms with E-state index in [1.165, 1.54) is 31.9 Å². The third-order valence-corrected chi connectivity index (χ3v) is 5.90.